The van der Waals surface area contributed by atoms with E-state index in [9.17, 15) is 9.90 Å². The predicted molar refractivity (Wildman–Crippen MR) is 68.0 cm³/mol. The van der Waals surface area contributed by atoms with Crippen molar-refractivity contribution < 1.29 is 14.3 Å². The Hall–Kier alpha value is -1.92. The molecule has 0 saturated carbocycles. The third-order valence-corrected chi connectivity index (χ3v) is 3.44. The van der Waals surface area contributed by atoms with E-state index in [0.29, 0.717) is 5.75 Å². The van der Waals surface area contributed by atoms with E-state index in [4.69, 9.17) is 10.3 Å². The summed E-state index contributed by atoms with van der Waals surface area (Å²) in [5.41, 5.74) is 2.75. The van der Waals surface area contributed by atoms with Crippen molar-refractivity contribution in [1.82, 2.24) is 5.43 Å². The second kappa shape index (κ2) is 5.61. The van der Waals surface area contributed by atoms with Crippen LogP contribution in [0.2, 0.25) is 0 Å². The van der Waals surface area contributed by atoms with Gasteiger partial charge in [-0.2, -0.15) is 0 Å². The monoisotopic (exact) mass is 264 g/mol. The maximum absolute atomic E-state index is 11.4. The van der Waals surface area contributed by atoms with Crippen molar-refractivity contribution in [3.8, 4) is 5.75 Å². The Morgan fingerprint density at radius 3 is 2.89 bits per heavy atom. The number of amides is 1. The highest BCUT2D eigenvalue weighted by Gasteiger charge is 2.14. The molecule has 0 aliphatic heterocycles. The van der Waals surface area contributed by atoms with E-state index < -0.39 is 5.91 Å². The number of benzene rings is 1. The van der Waals surface area contributed by atoms with Gasteiger partial charge in [-0.3, -0.25) is 10.2 Å². The van der Waals surface area contributed by atoms with Crippen LogP contribution in [-0.2, 0) is 5.75 Å². The van der Waals surface area contributed by atoms with Crippen molar-refractivity contribution >= 4 is 17.7 Å². The summed E-state index contributed by atoms with van der Waals surface area (Å²) in [6, 6.07) is 8.72. The number of nitrogens with one attached hydrogen (secondary N) is 1. The molecule has 94 valence electrons. The molecule has 1 amide bonds. The third kappa shape index (κ3) is 2.66. The summed E-state index contributed by atoms with van der Waals surface area (Å²) in [6.45, 7) is 0. The van der Waals surface area contributed by atoms with Crippen LogP contribution in [0.3, 0.4) is 0 Å². The van der Waals surface area contributed by atoms with E-state index in [2.05, 4.69) is 0 Å². The van der Waals surface area contributed by atoms with Gasteiger partial charge in [-0.15, -0.1) is 11.8 Å². The minimum atomic E-state index is -0.465. The highest BCUT2D eigenvalue weighted by atomic mass is 32.2. The van der Waals surface area contributed by atoms with Gasteiger partial charge in [0.15, 0.2) is 5.76 Å². The molecule has 0 fully saturated rings. The summed E-state index contributed by atoms with van der Waals surface area (Å²) >= 11 is 1.42. The average Bonchev–Trinajstić information content (AvgIpc) is 2.85. The van der Waals surface area contributed by atoms with Crippen LogP contribution in [0, 0.1) is 0 Å². The Kier molecular flexibility index (Phi) is 3.91. The van der Waals surface area contributed by atoms with Crippen LogP contribution in [-0.4, -0.2) is 11.0 Å². The number of carbonyl (C=O) groups excluding carboxylic acids is 1. The van der Waals surface area contributed by atoms with Crippen molar-refractivity contribution in [1.29, 1.82) is 0 Å². The number of phenolic OH excluding ortho intramolecular Hbond substituents is 1. The molecular weight excluding hydrogens is 252 g/mol. The minimum Gasteiger partial charge on any atom is -0.507 e. The maximum atomic E-state index is 11.4. The zero-order valence-corrected chi connectivity index (χ0v) is 10.2. The molecule has 0 aliphatic carbocycles. The van der Waals surface area contributed by atoms with Gasteiger partial charge in [0.25, 0.3) is 0 Å². The lowest BCUT2D eigenvalue weighted by atomic mass is 10.3. The first-order valence-corrected chi connectivity index (χ1v) is 6.19. The zero-order valence-electron chi connectivity index (χ0n) is 9.42. The topological polar surface area (TPSA) is 88.5 Å². The number of hydrogen-bond donors (Lipinski definition) is 3. The molecule has 6 heteroatoms. The number of thioether (sulfide) groups is 1. The maximum Gasteiger partial charge on any atom is 0.301 e. The molecule has 1 aromatic carbocycles. The number of nitrogen functional groups attached to an aromatic ring is 1. The Balaban J connectivity index is 2.09. The van der Waals surface area contributed by atoms with Crippen molar-refractivity contribution in [2.75, 3.05) is 0 Å². The first-order chi connectivity index (χ1) is 8.72. The molecular formula is C12H12N2O3S. The van der Waals surface area contributed by atoms with Crippen LogP contribution < -0.4 is 11.3 Å². The summed E-state index contributed by atoms with van der Waals surface area (Å²) < 4.78 is 5.07. The number of para-hydroxylation sites is 1. The number of rotatable bonds is 4. The molecule has 5 nitrogen and oxygen atoms in total. The number of nitrogens with two attached hydrogens (primary N) is 1. The Morgan fingerprint density at radius 2 is 2.17 bits per heavy atom. The molecule has 0 radical (unpaired) electrons. The fourth-order valence-corrected chi connectivity index (χ4v) is 2.38. The molecule has 0 spiro atoms. The van der Waals surface area contributed by atoms with E-state index >= 15 is 0 Å². The normalized spacial score (nSPS) is 10.3. The lowest BCUT2D eigenvalue weighted by Gasteiger charge is -2.04. The summed E-state index contributed by atoms with van der Waals surface area (Å²) in [5, 5.41) is 9.62. The number of carbonyl (C=O) groups is 1. The summed E-state index contributed by atoms with van der Waals surface area (Å²) in [5.74, 6) is 5.52. The molecule has 1 heterocycles. The SMILES string of the molecule is NNC(=O)c1occc1CSc1ccccc1O. The van der Waals surface area contributed by atoms with E-state index in [-0.39, 0.29) is 11.5 Å². The molecule has 1 aromatic heterocycles. The van der Waals surface area contributed by atoms with Gasteiger partial charge >= 0.3 is 5.91 Å². The summed E-state index contributed by atoms with van der Waals surface area (Å²) in [6.07, 6.45) is 1.44. The van der Waals surface area contributed by atoms with Crippen LogP contribution in [0.5, 0.6) is 5.75 Å². The fourth-order valence-electron chi connectivity index (χ4n) is 1.45. The van der Waals surface area contributed by atoms with Gasteiger partial charge in [0.2, 0.25) is 0 Å². The highest BCUT2D eigenvalue weighted by molar-refractivity contribution is 7.98. The van der Waals surface area contributed by atoms with Crippen molar-refractivity contribution in [2.24, 2.45) is 5.84 Å². The van der Waals surface area contributed by atoms with Crippen LogP contribution in [0.1, 0.15) is 16.1 Å². The molecule has 4 N–H and O–H groups in total. The molecule has 0 unspecified atom stereocenters. The predicted octanol–water partition coefficient (Wildman–Crippen LogP) is 1.88. The van der Waals surface area contributed by atoms with E-state index in [1.54, 1.807) is 18.2 Å². The highest BCUT2D eigenvalue weighted by Crippen LogP contribution is 2.31. The largest absolute Gasteiger partial charge is 0.507 e. The number of aromatic hydroxyl groups is 1. The summed E-state index contributed by atoms with van der Waals surface area (Å²) in [7, 11) is 0. The van der Waals surface area contributed by atoms with Gasteiger partial charge in [0.1, 0.15) is 5.75 Å². The third-order valence-electron chi connectivity index (χ3n) is 2.33. The molecule has 0 saturated heterocycles. The molecule has 2 aromatic rings. The quantitative estimate of drug-likeness (QED) is 0.339. The van der Waals surface area contributed by atoms with Crippen LogP contribution in [0.4, 0.5) is 0 Å². The van der Waals surface area contributed by atoms with Crippen molar-refractivity contribution in [3.63, 3.8) is 0 Å². The smallest absolute Gasteiger partial charge is 0.301 e. The Labute approximate surface area is 108 Å². The number of furan rings is 1. The van der Waals surface area contributed by atoms with Gasteiger partial charge in [0.05, 0.1) is 6.26 Å². The average molecular weight is 264 g/mol. The zero-order chi connectivity index (χ0) is 13.0. The van der Waals surface area contributed by atoms with Gasteiger partial charge in [-0.05, 0) is 18.2 Å². The lowest BCUT2D eigenvalue weighted by Crippen LogP contribution is -2.30. The molecule has 0 aliphatic rings. The Morgan fingerprint density at radius 1 is 1.39 bits per heavy atom. The van der Waals surface area contributed by atoms with Crippen molar-refractivity contribution in [2.45, 2.75) is 10.6 Å². The molecule has 18 heavy (non-hydrogen) atoms. The van der Waals surface area contributed by atoms with Crippen LogP contribution >= 0.6 is 11.8 Å². The van der Waals surface area contributed by atoms with E-state index in [1.807, 2.05) is 17.6 Å². The molecule has 2 rings (SSSR count). The van der Waals surface area contributed by atoms with Crippen molar-refractivity contribution in [3.05, 3.63) is 47.9 Å². The van der Waals surface area contributed by atoms with Gasteiger partial charge in [0, 0.05) is 16.2 Å². The second-order valence-corrected chi connectivity index (χ2v) is 4.52. The van der Waals surface area contributed by atoms with Gasteiger partial charge in [-0.1, -0.05) is 12.1 Å². The minimum absolute atomic E-state index is 0.195. The molecule has 0 bridgehead atoms. The van der Waals surface area contributed by atoms with Gasteiger partial charge in [-0.25, -0.2) is 5.84 Å². The lowest BCUT2D eigenvalue weighted by molar-refractivity contribution is 0.0925. The van der Waals surface area contributed by atoms with E-state index in [1.165, 1.54) is 18.0 Å². The first-order valence-electron chi connectivity index (χ1n) is 5.20. The fraction of sp³-hybridized carbons (Fsp3) is 0.0833. The number of hydrazine groups is 1. The van der Waals surface area contributed by atoms with E-state index in [0.717, 1.165) is 10.5 Å². The molecule has 0 atom stereocenters. The Bertz CT molecular complexity index is 554. The first kappa shape index (κ1) is 12.5. The standard InChI is InChI=1S/C12H12N2O3S/c13-14-12(16)11-8(5-6-17-11)7-18-10-4-2-1-3-9(10)15/h1-6,15H,7,13H2,(H,14,16). The van der Waals surface area contributed by atoms with Crippen LogP contribution in [0.15, 0.2) is 45.9 Å². The second-order valence-electron chi connectivity index (χ2n) is 3.50. The van der Waals surface area contributed by atoms with Gasteiger partial charge < -0.3 is 9.52 Å². The summed E-state index contributed by atoms with van der Waals surface area (Å²) in [4.78, 5) is 12.1. The van der Waals surface area contributed by atoms with Crippen LogP contribution in [0.25, 0.3) is 0 Å². The number of hydrogen-bond acceptors (Lipinski definition) is 5. The number of phenols is 1.